The van der Waals surface area contributed by atoms with Crippen molar-refractivity contribution in [2.45, 2.75) is 39.5 Å². The highest BCUT2D eigenvalue weighted by Gasteiger charge is 1.94. The van der Waals surface area contributed by atoms with Crippen molar-refractivity contribution >= 4 is 6.29 Å². The van der Waals surface area contributed by atoms with Crippen molar-refractivity contribution in [3.05, 3.63) is 11.8 Å². The Kier molecular flexibility index (Phi) is 7.76. The number of carbonyl (C=O) groups is 1. The lowest BCUT2D eigenvalue weighted by Gasteiger charge is -1.99. The molecule has 0 unspecified atom stereocenters. The molecule has 0 radical (unpaired) electrons. The van der Waals surface area contributed by atoms with Crippen LogP contribution in [-0.2, 0) is 9.53 Å². The molecule has 0 aliphatic heterocycles. The molecule has 0 bridgehead atoms. The van der Waals surface area contributed by atoms with E-state index in [0.29, 0.717) is 6.61 Å². The summed E-state index contributed by atoms with van der Waals surface area (Å²) in [4.78, 5) is 10.5. The number of aldehydes is 1. The van der Waals surface area contributed by atoms with E-state index in [9.17, 15) is 4.79 Å². The molecule has 0 amide bonds. The first-order valence-electron chi connectivity index (χ1n) is 4.61. The zero-order chi connectivity index (χ0) is 9.23. The molecule has 0 saturated carbocycles. The largest absolute Gasteiger partial charge is 0.501 e. The summed E-state index contributed by atoms with van der Waals surface area (Å²) in [7, 11) is 0. The van der Waals surface area contributed by atoms with E-state index in [0.717, 1.165) is 24.7 Å². The normalized spacial score (nSPS) is 11.3. The van der Waals surface area contributed by atoms with Crippen LogP contribution in [0.15, 0.2) is 11.8 Å². The average Bonchev–Trinajstić information content (AvgIpc) is 2.11. The van der Waals surface area contributed by atoms with Crippen LogP contribution in [-0.4, -0.2) is 12.9 Å². The number of rotatable bonds is 7. The fraction of sp³-hybridized carbons (Fsp3) is 0.700. The molecule has 0 aliphatic rings. The van der Waals surface area contributed by atoms with E-state index < -0.39 is 0 Å². The molecule has 2 nitrogen and oxygen atoms in total. The molecule has 0 atom stereocenters. The van der Waals surface area contributed by atoms with E-state index in [1.807, 2.05) is 6.92 Å². The molecule has 0 saturated heterocycles. The second-order valence-electron chi connectivity index (χ2n) is 2.72. The standard InChI is InChI=1S/C10H18O2/c1-3-5-6-7-10(8-11)9-12-4-2/h8-9H,3-7H2,1-2H3/b10-9-. The van der Waals surface area contributed by atoms with Gasteiger partial charge in [-0.3, -0.25) is 4.79 Å². The van der Waals surface area contributed by atoms with Crippen molar-refractivity contribution in [1.82, 2.24) is 0 Å². The first kappa shape index (κ1) is 11.2. The van der Waals surface area contributed by atoms with Gasteiger partial charge in [-0.1, -0.05) is 19.8 Å². The number of allylic oxidation sites excluding steroid dienone is 1. The number of unbranched alkanes of at least 4 members (excludes halogenated alkanes) is 2. The van der Waals surface area contributed by atoms with Gasteiger partial charge in [0.15, 0.2) is 0 Å². The minimum absolute atomic E-state index is 0.630. The summed E-state index contributed by atoms with van der Waals surface area (Å²) >= 11 is 0. The minimum Gasteiger partial charge on any atom is -0.501 e. The maximum absolute atomic E-state index is 10.5. The topological polar surface area (TPSA) is 26.3 Å². The van der Waals surface area contributed by atoms with E-state index in [4.69, 9.17) is 4.74 Å². The van der Waals surface area contributed by atoms with Gasteiger partial charge in [0.1, 0.15) is 6.29 Å². The smallest absolute Gasteiger partial charge is 0.149 e. The first-order chi connectivity index (χ1) is 5.85. The Labute approximate surface area is 74.6 Å². The second-order valence-corrected chi connectivity index (χ2v) is 2.72. The fourth-order valence-corrected chi connectivity index (χ4v) is 0.915. The Hall–Kier alpha value is -0.790. The zero-order valence-electron chi connectivity index (χ0n) is 8.01. The van der Waals surface area contributed by atoms with Crippen LogP contribution < -0.4 is 0 Å². The van der Waals surface area contributed by atoms with Crippen molar-refractivity contribution in [2.75, 3.05) is 6.61 Å². The summed E-state index contributed by atoms with van der Waals surface area (Å²) in [6, 6.07) is 0. The number of carbonyl (C=O) groups excluding carboxylic acids is 1. The quantitative estimate of drug-likeness (QED) is 0.254. The van der Waals surface area contributed by atoms with Gasteiger partial charge in [0.25, 0.3) is 0 Å². The third-order valence-electron chi connectivity index (χ3n) is 1.62. The van der Waals surface area contributed by atoms with E-state index in [-0.39, 0.29) is 0 Å². The van der Waals surface area contributed by atoms with E-state index in [2.05, 4.69) is 6.92 Å². The average molecular weight is 170 g/mol. The molecular weight excluding hydrogens is 152 g/mol. The van der Waals surface area contributed by atoms with Crippen LogP contribution >= 0.6 is 0 Å². The molecule has 2 heteroatoms. The molecule has 0 rings (SSSR count). The van der Waals surface area contributed by atoms with Crippen LogP contribution in [0.4, 0.5) is 0 Å². The summed E-state index contributed by atoms with van der Waals surface area (Å²) in [6.07, 6.45) is 6.73. The van der Waals surface area contributed by atoms with E-state index in [1.54, 1.807) is 6.26 Å². The summed E-state index contributed by atoms with van der Waals surface area (Å²) in [5.41, 5.74) is 0.769. The third-order valence-corrected chi connectivity index (χ3v) is 1.62. The highest BCUT2D eigenvalue weighted by Crippen LogP contribution is 2.06. The highest BCUT2D eigenvalue weighted by atomic mass is 16.5. The molecule has 0 N–H and O–H groups in total. The van der Waals surface area contributed by atoms with Crippen molar-refractivity contribution in [3.8, 4) is 0 Å². The van der Waals surface area contributed by atoms with Crippen molar-refractivity contribution < 1.29 is 9.53 Å². The van der Waals surface area contributed by atoms with Crippen LogP contribution in [0.2, 0.25) is 0 Å². The van der Waals surface area contributed by atoms with E-state index in [1.165, 1.54) is 12.8 Å². The van der Waals surface area contributed by atoms with Gasteiger partial charge < -0.3 is 4.74 Å². The fourth-order valence-electron chi connectivity index (χ4n) is 0.915. The summed E-state index contributed by atoms with van der Waals surface area (Å²) < 4.78 is 5.02. The van der Waals surface area contributed by atoms with Crippen molar-refractivity contribution in [2.24, 2.45) is 0 Å². The Morgan fingerprint density at radius 3 is 2.58 bits per heavy atom. The second kappa shape index (κ2) is 8.31. The highest BCUT2D eigenvalue weighted by molar-refractivity contribution is 5.72. The molecule has 0 spiro atoms. The van der Waals surface area contributed by atoms with Crippen molar-refractivity contribution in [1.29, 1.82) is 0 Å². The summed E-state index contributed by atoms with van der Waals surface area (Å²) in [5, 5.41) is 0. The predicted octanol–water partition coefficient (Wildman–Crippen LogP) is 2.69. The summed E-state index contributed by atoms with van der Waals surface area (Å²) in [6.45, 7) is 4.68. The number of hydrogen-bond donors (Lipinski definition) is 0. The third kappa shape index (κ3) is 5.96. The Morgan fingerprint density at radius 1 is 1.33 bits per heavy atom. The lowest BCUT2D eigenvalue weighted by molar-refractivity contribution is -0.105. The maximum atomic E-state index is 10.5. The molecule has 0 aromatic heterocycles. The maximum Gasteiger partial charge on any atom is 0.149 e. The number of hydrogen-bond acceptors (Lipinski definition) is 2. The summed E-state index contributed by atoms with van der Waals surface area (Å²) in [5.74, 6) is 0. The van der Waals surface area contributed by atoms with Crippen LogP contribution in [0, 0.1) is 0 Å². The van der Waals surface area contributed by atoms with Gasteiger partial charge in [-0.15, -0.1) is 0 Å². The van der Waals surface area contributed by atoms with Gasteiger partial charge in [0.2, 0.25) is 0 Å². The van der Waals surface area contributed by atoms with Crippen LogP contribution in [0.3, 0.4) is 0 Å². The van der Waals surface area contributed by atoms with Gasteiger partial charge in [0.05, 0.1) is 12.9 Å². The van der Waals surface area contributed by atoms with Gasteiger partial charge in [-0.2, -0.15) is 0 Å². The van der Waals surface area contributed by atoms with Crippen molar-refractivity contribution in [3.63, 3.8) is 0 Å². The van der Waals surface area contributed by atoms with Gasteiger partial charge >= 0.3 is 0 Å². The molecule has 0 aliphatic carbocycles. The molecule has 70 valence electrons. The molecule has 12 heavy (non-hydrogen) atoms. The van der Waals surface area contributed by atoms with Crippen LogP contribution in [0.5, 0.6) is 0 Å². The van der Waals surface area contributed by atoms with Gasteiger partial charge in [-0.05, 0) is 19.8 Å². The Morgan fingerprint density at radius 2 is 2.08 bits per heavy atom. The van der Waals surface area contributed by atoms with Crippen LogP contribution in [0.25, 0.3) is 0 Å². The molecular formula is C10H18O2. The zero-order valence-corrected chi connectivity index (χ0v) is 8.01. The number of ether oxygens (including phenoxy) is 1. The Bertz CT molecular complexity index is 139. The van der Waals surface area contributed by atoms with Gasteiger partial charge in [-0.25, -0.2) is 0 Å². The Balaban J connectivity index is 3.59. The molecule has 0 aromatic carbocycles. The lowest BCUT2D eigenvalue weighted by atomic mass is 10.1. The van der Waals surface area contributed by atoms with Gasteiger partial charge in [0, 0.05) is 5.57 Å². The molecule has 0 heterocycles. The van der Waals surface area contributed by atoms with Crippen LogP contribution in [0.1, 0.15) is 39.5 Å². The SMILES string of the molecule is CCCCC/C(C=O)=C/OCC. The minimum atomic E-state index is 0.630. The lowest BCUT2D eigenvalue weighted by Crippen LogP contribution is -1.88. The molecule has 0 fully saturated rings. The molecule has 0 aromatic rings. The first-order valence-corrected chi connectivity index (χ1v) is 4.61. The predicted molar refractivity (Wildman–Crippen MR) is 49.9 cm³/mol. The monoisotopic (exact) mass is 170 g/mol. The van der Waals surface area contributed by atoms with E-state index >= 15 is 0 Å².